The molecule has 1 rings (SSSR count). The minimum atomic E-state index is 0.449. The molecule has 14 heavy (non-hydrogen) atoms. The zero-order valence-electron chi connectivity index (χ0n) is 9.24. The number of ether oxygens (including phenoxy) is 1. The molecule has 1 atom stereocenters. The number of nitrogens with zero attached hydrogens (tertiary/aromatic N) is 1. The SMILES string of the molecule is COc1ccc(NC(C)C(C)C)cn1. The van der Waals surface area contributed by atoms with Crippen LogP contribution in [0, 0.1) is 5.92 Å². The lowest BCUT2D eigenvalue weighted by molar-refractivity contribution is 0.398. The molecule has 0 bridgehead atoms. The molecule has 0 aliphatic carbocycles. The van der Waals surface area contributed by atoms with Gasteiger partial charge in [-0.3, -0.25) is 0 Å². The van der Waals surface area contributed by atoms with Crippen molar-refractivity contribution in [1.82, 2.24) is 4.98 Å². The molecule has 0 aliphatic heterocycles. The van der Waals surface area contributed by atoms with Gasteiger partial charge in [0, 0.05) is 12.1 Å². The first-order chi connectivity index (χ1) is 6.63. The van der Waals surface area contributed by atoms with Gasteiger partial charge < -0.3 is 10.1 Å². The summed E-state index contributed by atoms with van der Waals surface area (Å²) in [4.78, 5) is 4.12. The largest absolute Gasteiger partial charge is 0.481 e. The Morgan fingerprint density at radius 3 is 2.43 bits per heavy atom. The fourth-order valence-corrected chi connectivity index (χ4v) is 1.02. The van der Waals surface area contributed by atoms with E-state index in [-0.39, 0.29) is 0 Å². The van der Waals surface area contributed by atoms with E-state index in [0.29, 0.717) is 17.8 Å². The standard InChI is InChI=1S/C11H18N2O/c1-8(2)9(3)13-10-5-6-11(14-4)12-7-10/h5-9,13H,1-4H3. The van der Waals surface area contributed by atoms with E-state index in [1.54, 1.807) is 13.3 Å². The van der Waals surface area contributed by atoms with Crippen LogP contribution in [-0.2, 0) is 0 Å². The lowest BCUT2D eigenvalue weighted by atomic mass is 10.1. The fraction of sp³-hybridized carbons (Fsp3) is 0.545. The molecule has 0 aromatic carbocycles. The summed E-state index contributed by atoms with van der Waals surface area (Å²) >= 11 is 0. The molecule has 1 heterocycles. The summed E-state index contributed by atoms with van der Waals surface area (Å²) in [7, 11) is 1.62. The fourth-order valence-electron chi connectivity index (χ4n) is 1.02. The topological polar surface area (TPSA) is 34.1 Å². The van der Waals surface area contributed by atoms with E-state index in [2.05, 4.69) is 31.1 Å². The van der Waals surface area contributed by atoms with Crippen molar-refractivity contribution in [2.24, 2.45) is 5.92 Å². The van der Waals surface area contributed by atoms with Crippen LogP contribution in [-0.4, -0.2) is 18.1 Å². The van der Waals surface area contributed by atoms with E-state index in [4.69, 9.17) is 4.74 Å². The molecule has 78 valence electrons. The molecule has 1 aromatic rings. The summed E-state index contributed by atoms with van der Waals surface area (Å²) in [5.74, 6) is 1.25. The predicted molar refractivity (Wildman–Crippen MR) is 58.7 cm³/mol. The number of hydrogen-bond acceptors (Lipinski definition) is 3. The van der Waals surface area contributed by atoms with Crippen LogP contribution >= 0.6 is 0 Å². The van der Waals surface area contributed by atoms with Gasteiger partial charge in [-0.2, -0.15) is 0 Å². The van der Waals surface area contributed by atoms with Crippen LogP contribution in [0.25, 0.3) is 0 Å². The Kier molecular flexibility index (Phi) is 3.74. The highest BCUT2D eigenvalue weighted by Gasteiger charge is 2.06. The maximum Gasteiger partial charge on any atom is 0.213 e. The van der Waals surface area contributed by atoms with E-state index >= 15 is 0 Å². The van der Waals surface area contributed by atoms with Crippen molar-refractivity contribution in [3.63, 3.8) is 0 Å². The van der Waals surface area contributed by atoms with Crippen LogP contribution < -0.4 is 10.1 Å². The van der Waals surface area contributed by atoms with Gasteiger partial charge in [0.05, 0.1) is 19.0 Å². The monoisotopic (exact) mass is 194 g/mol. The molecule has 0 aliphatic rings. The van der Waals surface area contributed by atoms with Crippen LogP contribution in [0.3, 0.4) is 0 Å². The van der Waals surface area contributed by atoms with Crippen molar-refractivity contribution >= 4 is 5.69 Å². The van der Waals surface area contributed by atoms with Gasteiger partial charge in [-0.05, 0) is 18.9 Å². The van der Waals surface area contributed by atoms with Crippen molar-refractivity contribution in [1.29, 1.82) is 0 Å². The summed E-state index contributed by atoms with van der Waals surface area (Å²) in [6, 6.07) is 4.28. The third kappa shape index (κ3) is 2.91. The predicted octanol–water partition coefficient (Wildman–Crippen LogP) is 2.55. The van der Waals surface area contributed by atoms with Gasteiger partial charge >= 0.3 is 0 Å². The highest BCUT2D eigenvalue weighted by atomic mass is 16.5. The molecular formula is C11H18N2O. The molecule has 0 saturated carbocycles. The van der Waals surface area contributed by atoms with E-state index < -0.39 is 0 Å². The molecular weight excluding hydrogens is 176 g/mol. The van der Waals surface area contributed by atoms with Crippen molar-refractivity contribution in [3.05, 3.63) is 18.3 Å². The first kappa shape index (κ1) is 10.8. The number of methoxy groups -OCH3 is 1. The van der Waals surface area contributed by atoms with Crippen LogP contribution in [0.2, 0.25) is 0 Å². The third-order valence-electron chi connectivity index (χ3n) is 2.34. The number of nitrogens with one attached hydrogen (secondary N) is 1. The molecule has 1 unspecified atom stereocenters. The van der Waals surface area contributed by atoms with Gasteiger partial charge in [-0.1, -0.05) is 13.8 Å². The Morgan fingerprint density at radius 1 is 1.29 bits per heavy atom. The molecule has 1 aromatic heterocycles. The second-order valence-electron chi connectivity index (χ2n) is 3.77. The third-order valence-corrected chi connectivity index (χ3v) is 2.34. The Balaban J connectivity index is 2.59. The Morgan fingerprint density at radius 2 is 2.00 bits per heavy atom. The molecule has 0 radical (unpaired) electrons. The molecule has 0 spiro atoms. The summed E-state index contributed by atoms with van der Waals surface area (Å²) < 4.78 is 4.98. The lowest BCUT2D eigenvalue weighted by Crippen LogP contribution is -2.21. The average molecular weight is 194 g/mol. The van der Waals surface area contributed by atoms with Crippen molar-refractivity contribution < 1.29 is 4.74 Å². The Labute approximate surface area is 85.5 Å². The first-order valence-electron chi connectivity index (χ1n) is 4.90. The Bertz CT molecular complexity index is 269. The maximum atomic E-state index is 4.98. The van der Waals surface area contributed by atoms with Gasteiger partial charge in [0.1, 0.15) is 0 Å². The average Bonchev–Trinajstić information content (AvgIpc) is 2.19. The molecule has 3 heteroatoms. The number of rotatable bonds is 4. The number of hydrogen-bond donors (Lipinski definition) is 1. The van der Waals surface area contributed by atoms with E-state index in [0.717, 1.165) is 5.69 Å². The van der Waals surface area contributed by atoms with Crippen molar-refractivity contribution in [2.45, 2.75) is 26.8 Å². The van der Waals surface area contributed by atoms with Crippen LogP contribution in [0.4, 0.5) is 5.69 Å². The van der Waals surface area contributed by atoms with E-state index in [1.165, 1.54) is 0 Å². The number of anilines is 1. The van der Waals surface area contributed by atoms with Gasteiger partial charge in [-0.15, -0.1) is 0 Å². The van der Waals surface area contributed by atoms with Crippen molar-refractivity contribution in [3.8, 4) is 5.88 Å². The van der Waals surface area contributed by atoms with Gasteiger partial charge in [0.2, 0.25) is 5.88 Å². The number of aromatic nitrogens is 1. The van der Waals surface area contributed by atoms with Gasteiger partial charge in [0.25, 0.3) is 0 Å². The highest BCUT2D eigenvalue weighted by molar-refractivity contribution is 5.42. The second-order valence-corrected chi connectivity index (χ2v) is 3.77. The van der Waals surface area contributed by atoms with Crippen LogP contribution in [0.15, 0.2) is 18.3 Å². The molecule has 0 amide bonds. The van der Waals surface area contributed by atoms with Crippen LogP contribution in [0.5, 0.6) is 5.88 Å². The second kappa shape index (κ2) is 4.84. The molecule has 0 fully saturated rings. The highest BCUT2D eigenvalue weighted by Crippen LogP contribution is 2.14. The zero-order chi connectivity index (χ0) is 10.6. The minimum absolute atomic E-state index is 0.449. The minimum Gasteiger partial charge on any atom is -0.481 e. The summed E-state index contributed by atoms with van der Waals surface area (Å²) in [6.45, 7) is 6.54. The van der Waals surface area contributed by atoms with Crippen molar-refractivity contribution in [2.75, 3.05) is 12.4 Å². The molecule has 1 N–H and O–H groups in total. The van der Waals surface area contributed by atoms with Gasteiger partial charge in [-0.25, -0.2) is 4.98 Å². The smallest absolute Gasteiger partial charge is 0.213 e. The quantitative estimate of drug-likeness (QED) is 0.799. The summed E-state index contributed by atoms with van der Waals surface area (Å²) in [6.07, 6.45) is 1.79. The summed E-state index contributed by atoms with van der Waals surface area (Å²) in [5, 5.41) is 3.37. The Hall–Kier alpha value is -1.25. The molecule has 3 nitrogen and oxygen atoms in total. The zero-order valence-corrected chi connectivity index (χ0v) is 9.24. The van der Waals surface area contributed by atoms with Crippen LogP contribution in [0.1, 0.15) is 20.8 Å². The van der Waals surface area contributed by atoms with Gasteiger partial charge in [0.15, 0.2) is 0 Å². The normalized spacial score (nSPS) is 12.6. The van der Waals surface area contributed by atoms with E-state index in [9.17, 15) is 0 Å². The molecule has 0 saturated heterocycles. The maximum absolute atomic E-state index is 4.98. The first-order valence-corrected chi connectivity index (χ1v) is 4.90. The summed E-state index contributed by atoms with van der Waals surface area (Å²) in [5.41, 5.74) is 1.03. The number of pyridine rings is 1. The van der Waals surface area contributed by atoms with E-state index in [1.807, 2.05) is 12.1 Å². The lowest BCUT2D eigenvalue weighted by Gasteiger charge is -2.18.